The van der Waals surface area contributed by atoms with Gasteiger partial charge in [-0.05, 0) is 36.5 Å². The first-order valence-corrected chi connectivity index (χ1v) is 7.68. The molecule has 0 radical (unpaired) electrons. The molecule has 1 rings (SSSR count). The Labute approximate surface area is 125 Å². The highest BCUT2D eigenvalue weighted by molar-refractivity contribution is 5.54. The summed E-state index contributed by atoms with van der Waals surface area (Å²) in [6.07, 6.45) is 0. The van der Waals surface area contributed by atoms with E-state index < -0.39 is 0 Å². The van der Waals surface area contributed by atoms with Crippen LogP contribution in [0.2, 0.25) is 0 Å². The van der Waals surface area contributed by atoms with E-state index in [0.717, 1.165) is 6.54 Å². The Balaban J connectivity index is 2.87. The molecule has 0 fully saturated rings. The molecule has 1 aromatic carbocycles. The average Bonchev–Trinajstić information content (AvgIpc) is 2.33. The average molecular weight is 276 g/mol. The molecule has 0 spiro atoms. The van der Waals surface area contributed by atoms with Gasteiger partial charge in [0.1, 0.15) is 0 Å². The lowest BCUT2D eigenvalue weighted by molar-refractivity contribution is 0.329. The molecule has 0 saturated carbocycles. The maximum absolute atomic E-state index is 3.47. The fraction of sp³-hybridized carbons (Fsp3) is 0.667. The van der Waals surface area contributed by atoms with Crippen LogP contribution >= 0.6 is 0 Å². The van der Waals surface area contributed by atoms with Gasteiger partial charge in [-0.25, -0.2) is 0 Å². The Bertz CT molecular complexity index is 430. The van der Waals surface area contributed by atoms with E-state index in [1.807, 2.05) is 0 Å². The Kier molecular flexibility index (Phi) is 5.64. The van der Waals surface area contributed by atoms with E-state index in [-0.39, 0.29) is 5.41 Å². The van der Waals surface area contributed by atoms with Crippen molar-refractivity contribution in [3.8, 4) is 0 Å². The van der Waals surface area contributed by atoms with Gasteiger partial charge in [0.2, 0.25) is 0 Å². The standard InChI is InChI=1S/C18H32N2/c1-13(2)19-12-16-9-10-17(14(3)11-16)20(8)15(4)18(5,6)7/h9-11,13,15,19H,12H2,1-8H3. The summed E-state index contributed by atoms with van der Waals surface area (Å²) < 4.78 is 0. The third kappa shape index (κ3) is 4.52. The fourth-order valence-corrected chi connectivity index (χ4v) is 2.33. The number of rotatable bonds is 5. The monoisotopic (exact) mass is 276 g/mol. The first kappa shape index (κ1) is 17.0. The second-order valence-electron chi connectivity index (χ2n) is 7.31. The number of aryl methyl sites for hydroxylation is 1. The van der Waals surface area contributed by atoms with Crippen LogP contribution in [0.25, 0.3) is 0 Å². The second-order valence-corrected chi connectivity index (χ2v) is 7.31. The van der Waals surface area contributed by atoms with Gasteiger partial charge in [-0.15, -0.1) is 0 Å². The van der Waals surface area contributed by atoms with Gasteiger partial charge in [-0.2, -0.15) is 0 Å². The van der Waals surface area contributed by atoms with Crippen LogP contribution in [0.4, 0.5) is 5.69 Å². The summed E-state index contributed by atoms with van der Waals surface area (Å²) in [6.45, 7) is 16.7. The van der Waals surface area contributed by atoms with Crippen molar-refractivity contribution in [2.24, 2.45) is 5.41 Å². The maximum atomic E-state index is 3.47. The number of anilines is 1. The minimum absolute atomic E-state index is 0.277. The molecule has 0 saturated heterocycles. The van der Waals surface area contributed by atoms with Crippen molar-refractivity contribution in [3.05, 3.63) is 29.3 Å². The molecule has 0 aliphatic rings. The van der Waals surface area contributed by atoms with Crippen LogP contribution in [0.15, 0.2) is 18.2 Å². The predicted octanol–water partition coefficient (Wildman–Crippen LogP) is 4.36. The van der Waals surface area contributed by atoms with E-state index >= 15 is 0 Å². The van der Waals surface area contributed by atoms with E-state index in [4.69, 9.17) is 0 Å². The summed E-state index contributed by atoms with van der Waals surface area (Å²) in [6, 6.07) is 7.83. The summed E-state index contributed by atoms with van der Waals surface area (Å²) in [5, 5.41) is 3.47. The van der Waals surface area contributed by atoms with Crippen LogP contribution in [-0.4, -0.2) is 19.1 Å². The highest BCUT2D eigenvalue weighted by atomic mass is 15.1. The molecular formula is C18H32N2. The summed E-state index contributed by atoms with van der Waals surface area (Å²) >= 11 is 0. The lowest BCUT2D eigenvalue weighted by Gasteiger charge is -2.37. The van der Waals surface area contributed by atoms with Gasteiger partial charge in [0.05, 0.1) is 0 Å². The molecule has 1 aromatic rings. The summed E-state index contributed by atoms with van der Waals surface area (Å²) in [5.41, 5.74) is 4.32. The van der Waals surface area contributed by atoms with Crippen LogP contribution in [0.3, 0.4) is 0 Å². The van der Waals surface area contributed by atoms with E-state index in [9.17, 15) is 0 Å². The van der Waals surface area contributed by atoms with Gasteiger partial charge < -0.3 is 10.2 Å². The summed E-state index contributed by atoms with van der Waals surface area (Å²) in [7, 11) is 2.20. The summed E-state index contributed by atoms with van der Waals surface area (Å²) in [5.74, 6) is 0. The molecule has 20 heavy (non-hydrogen) atoms. The molecule has 2 heteroatoms. The lowest BCUT2D eigenvalue weighted by atomic mass is 9.86. The van der Waals surface area contributed by atoms with Crippen molar-refractivity contribution in [2.45, 2.75) is 67.1 Å². The van der Waals surface area contributed by atoms with E-state index in [1.54, 1.807) is 0 Å². The van der Waals surface area contributed by atoms with Gasteiger partial charge in [0.15, 0.2) is 0 Å². The zero-order valence-electron chi connectivity index (χ0n) is 14.5. The van der Waals surface area contributed by atoms with Crippen molar-refractivity contribution in [1.82, 2.24) is 5.32 Å². The molecular weight excluding hydrogens is 244 g/mol. The zero-order chi connectivity index (χ0) is 15.5. The largest absolute Gasteiger partial charge is 0.371 e. The molecule has 1 atom stereocenters. The molecule has 1 N–H and O–H groups in total. The van der Waals surface area contributed by atoms with Crippen molar-refractivity contribution in [3.63, 3.8) is 0 Å². The zero-order valence-corrected chi connectivity index (χ0v) is 14.5. The quantitative estimate of drug-likeness (QED) is 0.859. The highest BCUT2D eigenvalue weighted by Crippen LogP contribution is 2.29. The molecule has 0 aliphatic heterocycles. The molecule has 0 bridgehead atoms. The topological polar surface area (TPSA) is 15.3 Å². The SMILES string of the molecule is Cc1cc(CNC(C)C)ccc1N(C)C(C)C(C)(C)C. The van der Waals surface area contributed by atoms with Gasteiger partial charge in [0, 0.05) is 31.4 Å². The van der Waals surface area contributed by atoms with Crippen LogP contribution in [0, 0.1) is 12.3 Å². The Morgan fingerprint density at radius 1 is 1.15 bits per heavy atom. The van der Waals surface area contributed by atoms with Gasteiger partial charge in [-0.1, -0.05) is 46.8 Å². The normalized spacial score (nSPS) is 13.7. The van der Waals surface area contributed by atoms with Gasteiger partial charge >= 0.3 is 0 Å². The number of nitrogens with zero attached hydrogens (tertiary/aromatic N) is 1. The molecule has 0 aliphatic carbocycles. The van der Waals surface area contributed by atoms with Gasteiger partial charge in [-0.3, -0.25) is 0 Å². The first-order chi connectivity index (χ1) is 9.12. The minimum atomic E-state index is 0.277. The molecule has 2 nitrogen and oxygen atoms in total. The van der Waals surface area contributed by atoms with Crippen molar-refractivity contribution < 1.29 is 0 Å². The fourth-order valence-electron chi connectivity index (χ4n) is 2.33. The first-order valence-electron chi connectivity index (χ1n) is 7.68. The number of hydrogen-bond acceptors (Lipinski definition) is 2. The Morgan fingerprint density at radius 3 is 2.20 bits per heavy atom. The van der Waals surface area contributed by atoms with E-state index in [2.05, 4.69) is 83.9 Å². The molecule has 0 heterocycles. The third-order valence-corrected chi connectivity index (χ3v) is 4.19. The Hall–Kier alpha value is -1.02. The molecule has 1 unspecified atom stereocenters. The van der Waals surface area contributed by atoms with Crippen LogP contribution in [0.5, 0.6) is 0 Å². The lowest BCUT2D eigenvalue weighted by Crippen LogP contribution is -2.39. The van der Waals surface area contributed by atoms with Crippen molar-refractivity contribution >= 4 is 5.69 Å². The molecule has 0 amide bonds. The summed E-state index contributed by atoms with van der Waals surface area (Å²) in [4.78, 5) is 2.40. The van der Waals surface area contributed by atoms with Crippen molar-refractivity contribution in [1.29, 1.82) is 0 Å². The number of hydrogen-bond donors (Lipinski definition) is 1. The number of nitrogens with one attached hydrogen (secondary N) is 1. The van der Waals surface area contributed by atoms with E-state index in [1.165, 1.54) is 16.8 Å². The third-order valence-electron chi connectivity index (χ3n) is 4.19. The molecule has 114 valence electrons. The van der Waals surface area contributed by atoms with Crippen LogP contribution in [-0.2, 0) is 6.54 Å². The minimum Gasteiger partial charge on any atom is -0.371 e. The van der Waals surface area contributed by atoms with Crippen LogP contribution < -0.4 is 10.2 Å². The second kappa shape index (κ2) is 6.62. The Morgan fingerprint density at radius 2 is 1.75 bits per heavy atom. The molecule has 0 aromatic heterocycles. The maximum Gasteiger partial charge on any atom is 0.0396 e. The van der Waals surface area contributed by atoms with E-state index in [0.29, 0.717) is 12.1 Å². The number of benzene rings is 1. The van der Waals surface area contributed by atoms with Crippen LogP contribution in [0.1, 0.15) is 52.7 Å². The van der Waals surface area contributed by atoms with Gasteiger partial charge in [0.25, 0.3) is 0 Å². The highest BCUT2D eigenvalue weighted by Gasteiger charge is 2.24. The van der Waals surface area contributed by atoms with Crippen molar-refractivity contribution in [2.75, 3.05) is 11.9 Å². The smallest absolute Gasteiger partial charge is 0.0396 e. The predicted molar refractivity (Wildman–Crippen MR) is 90.5 cm³/mol.